The quantitative estimate of drug-likeness (QED) is 0.793. The molecule has 1 amide bonds. The molecule has 27 heavy (non-hydrogen) atoms. The maximum absolute atomic E-state index is 13.3. The molecule has 1 aromatic rings. The van der Waals surface area contributed by atoms with Crippen LogP contribution in [0, 0.1) is 11.3 Å². The third-order valence-electron chi connectivity index (χ3n) is 7.51. The van der Waals surface area contributed by atoms with Crippen molar-refractivity contribution in [3.8, 4) is 0 Å². The van der Waals surface area contributed by atoms with Crippen LogP contribution in [-0.4, -0.2) is 52.0 Å². The maximum atomic E-state index is 13.3. The van der Waals surface area contributed by atoms with Crippen molar-refractivity contribution < 1.29 is 9.32 Å². The molecule has 4 aliphatic rings. The molecule has 0 unspecified atom stereocenters. The average Bonchev–Trinajstić information content (AvgIpc) is 3.36. The van der Waals surface area contributed by atoms with Crippen LogP contribution in [0.3, 0.4) is 0 Å². The fourth-order valence-corrected chi connectivity index (χ4v) is 5.66. The molecule has 0 aromatic carbocycles. The Balaban J connectivity index is 1.20. The van der Waals surface area contributed by atoms with Gasteiger partial charge in [-0.05, 0) is 57.4 Å². The van der Waals surface area contributed by atoms with E-state index in [4.69, 9.17) is 4.52 Å². The van der Waals surface area contributed by atoms with Gasteiger partial charge >= 0.3 is 0 Å². The number of hydrogen-bond acceptors (Lipinski definition) is 5. The molecule has 148 valence electrons. The lowest BCUT2D eigenvalue weighted by Gasteiger charge is -2.42. The van der Waals surface area contributed by atoms with E-state index in [9.17, 15) is 4.79 Å². The highest BCUT2D eigenvalue weighted by molar-refractivity contribution is 5.84. The number of carbonyl (C=O) groups is 1. The molecular weight excluding hydrogens is 340 g/mol. The van der Waals surface area contributed by atoms with Crippen LogP contribution >= 0.6 is 0 Å². The third kappa shape index (κ3) is 3.41. The summed E-state index contributed by atoms with van der Waals surface area (Å²) in [5.74, 6) is 3.27. The first kappa shape index (κ1) is 17.7. The van der Waals surface area contributed by atoms with Crippen molar-refractivity contribution in [1.82, 2.24) is 19.9 Å². The molecule has 2 aliphatic carbocycles. The molecule has 1 spiro atoms. The first-order chi connectivity index (χ1) is 13.2. The summed E-state index contributed by atoms with van der Waals surface area (Å²) in [4.78, 5) is 22.5. The van der Waals surface area contributed by atoms with Crippen LogP contribution in [0.1, 0.15) is 81.8 Å². The minimum Gasteiger partial charge on any atom is -0.342 e. The van der Waals surface area contributed by atoms with Crippen molar-refractivity contribution in [2.75, 3.05) is 26.2 Å². The van der Waals surface area contributed by atoms with Gasteiger partial charge in [0.1, 0.15) is 0 Å². The molecule has 2 aliphatic heterocycles. The topological polar surface area (TPSA) is 62.5 Å². The zero-order valence-electron chi connectivity index (χ0n) is 16.4. The Morgan fingerprint density at radius 3 is 2.67 bits per heavy atom. The van der Waals surface area contributed by atoms with Gasteiger partial charge in [0.15, 0.2) is 5.82 Å². The molecule has 0 N–H and O–H groups in total. The SMILES string of the molecule is O=C1N(CC2CCC2)CCC[C@]12CCN(Cc1noc(C3CCCC3)n1)C2. The molecule has 5 rings (SSSR count). The summed E-state index contributed by atoms with van der Waals surface area (Å²) < 4.78 is 5.53. The van der Waals surface area contributed by atoms with Gasteiger partial charge in [0, 0.05) is 25.6 Å². The highest BCUT2D eigenvalue weighted by Gasteiger charge is 2.48. The lowest BCUT2D eigenvalue weighted by atomic mass is 9.77. The van der Waals surface area contributed by atoms with E-state index < -0.39 is 0 Å². The van der Waals surface area contributed by atoms with Gasteiger partial charge in [-0.15, -0.1) is 0 Å². The Hall–Kier alpha value is -1.43. The number of amides is 1. The van der Waals surface area contributed by atoms with E-state index in [2.05, 4.69) is 19.9 Å². The average molecular weight is 373 g/mol. The smallest absolute Gasteiger partial charge is 0.230 e. The molecular formula is C21H32N4O2. The van der Waals surface area contributed by atoms with Gasteiger partial charge in [-0.25, -0.2) is 0 Å². The molecule has 6 nitrogen and oxygen atoms in total. The Morgan fingerprint density at radius 1 is 1.04 bits per heavy atom. The second-order valence-electron chi connectivity index (χ2n) is 9.42. The number of nitrogens with zero attached hydrogens (tertiary/aromatic N) is 4. The number of hydrogen-bond donors (Lipinski definition) is 0. The van der Waals surface area contributed by atoms with Crippen LogP contribution in [-0.2, 0) is 11.3 Å². The van der Waals surface area contributed by atoms with Gasteiger partial charge in [-0.3, -0.25) is 9.69 Å². The summed E-state index contributed by atoms with van der Waals surface area (Å²) in [5.41, 5.74) is -0.153. The molecule has 0 radical (unpaired) electrons. The molecule has 2 saturated carbocycles. The van der Waals surface area contributed by atoms with Crippen molar-refractivity contribution >= 4 is 5.91 Å². The van der Waals surface area contributed by atoms with Crippen LogP contribution in [0.5, 0.6) is 0 Å². The van der Waals surface area contributed by atoms with E-state index in [1.54, 1.807) is 0 Å². The van der Waals surface area contributed by atoms with E-state index in [0.29, 0.717) is 18.4 Å². The van der Waals surface area contributed by atoms with E-state index in [0.717, 1.165) is 63.1 Å². The lowest BCUT2D eigenvalue weighted by molar-refractivity contribution is -0.146. The first-order valence-corrected chi connectivity index (χ1v) is 11.1. The second-order valence-corrected chi connectivity index (χ2v) is 9.42. The van der Waals surface area contributed by atoms with Crippen molar-refractivity contribution in [2.24, 2.45) is 11.3 Å². The molecule has 1 aromatic heterocycles. The predicted octanol–water partition coefficient (Wildman–Crippen LogP) is 3.34. The normalized spacial score (nSPS) is 30.5. The van der Waals surface area contributed by atoms with E-state index >= 15 is 0 Å². The fourth-order valence-electron chi connectivity index (χ4n) is 5.66. The molecule has 2 saturated heterocycles. The van der Waals surface area contributed by atoms with Crippen LogP contribution in [0.2, 0.25) is 0 Å². The summed E-state index contributed by atoms with van der Waals surface area (Å²) in [6.07, 6.45) is 12.1. The fraction of sp³-hybridized carbons (Fsp3) is 0.857. The zero-order valence-corrected chi connectivity index (χ0v) is 16.4. The van der Waals surface area contributed by atoms with Crippen molar-refractivity contribution in [1.29, 1.82) is 0 Å². The number of aromatic nitrogens is 2. The minimum atomic E-state index is -0.153. The van der Waals surface area contributed by atoms with Gasteiger partial charge < -0.3 is 9.42 Å². The standard InChI is InChI=1S/C21H32N4O2/c26-20-21(9-4-11-25(20)13-16-5-3-6-16)10-12-24(15-21)14-18-22-19(27-23-18)17-7-1-2-8-17/h16-17H,1-15H2/t21-/m1/s1. The number of carbonyl (C=O) groups excluding carboxylic acids is 1. The van der Waals surface area contributed by atoms with E-state index in [1.807, 2.05) is 0 Å². The Morgan fingerprint density at radius 2 is 1.89 bits per heavy atom. The molecule has 3 heterocycles. The van der Waals surface area contributed by atoms with Crippen molar-refractivity contribution in [3.05, 3.63) is 11.7 Å². The summed E-state index contributed by atoms with van der Waals surface area (Å²) in [6.45, 7) is 4.51. The lowest BCUT2D eigenvalue weighted by Crippen LogP contribution is -2.51. The van der Waals surface area contributed by atoms with Crippen LogP contribution in [0.25, 0.3) is 0 Å². The maximum Gasteiger partial charge on any atom is 0.230 e. The minimum absolute atomic E-state index is 0.153. The van der Waals surface area contributed by atoms with Gasteiger partial charge in [0.25, 0.3) is 0 Å². The molecule has 4 fully saturated rings. The van der Waals surface area contributed by atoms with Crippen LogP contribution < -0.4 is 0 Å². The van der Waals surface area contributed by atoms with Crippen molar-refractivity contribution in [3.63, 3.8) is 0 Å². The monoisotopic (exact) mass is 372 g/mol. The summed E-state index contributed by atoms with van der Waals surface area (Å²) in [6, 6.07) is 0. The summed E-state index contributed by atoms with van der Waals surface area (Å²) in [5, 5.41) is 4.23. The summed E-state index contributed by atoms with van der Waals surface area (Å²) in [7, 11) is 0. The number of likely N-dealkylation sites (tertiary alicyclic amines) is 2. The Bertz CT molecular complexity index is 679. The predicted molar refractivity (Wildman–Crippen MR) is 101 cm³/mol. The third-order valence-corrected chi connectivity index (χ3v) is 7.51. The van der Waals surface area contributed by atoms with Crippen molar-refractivity contribution in [2.45, 2.75) is 76.7 Å². The molecule has 1 atom stereocenters. The number of piperidine rings is 1. The Labute approximate surface area is 161 Å². The molecule has 0 bridgehead atoms. The van der Waals surface area contributed by atoms with Gasteiger partial charge in [0.2, 0.25) is 11.8 Å². The van der Waals surface area contributed by atoms with Gasteiger partial charge in [0.05, 0.1) is 12.0 Å². The highest BCUT2D eigenvalue weighted by atomic mass is 16.5. The van der Waals surface area contributed by atoms with E-state index in [1.165, 1.54) is 44.9 Å². The van der Waals surface area contributed by atoms with Crippen LogP contribution in [0.4, 0.5) is 0 Å². The Kier molecular flexibility index (Phi) is 4.70. The first-order valence-electron chi connectivity index (χ1n) is 11.1. The van der Waals surface area contributed by atoms with E-state index in [-0.39, 0.29) is 5.41 Å². The van der Waals surface area contributed by atoms with Gasteiger partial charge in [-0.2, -0.15) is 4.98 Å². The molecule has 6 heteroatoms. The van der Waals surface area contributed by atoms with Crippen LogP contribution in [0.15, 0.2) is 4.52 Å². The number of rotatable bonds is 5. The second kappa shape index (κ2) is 7.19. The summed E-state index contributed by atoms with van der Waals surface area (Å²) >= 11 is 0. The largest absolute Gasteiger partial charge is 0.342 e. The highest BCUT2D eigenvalue weighted by Crippen LogP contribution is 2.41. The van der Waals surface area contributed by atoms with Gasteiger partial charge in [-0.1, -0.05) is 24.4 Å². The zero-order chi connectivity index (χ0) is 18.3.